The largest absolute Gasteiger partial charge is 0.322 e. The van der Waals surface area contributed by atoms with Crippen LogP contribution in [0.3, 0.4) is 0 Å². The molecule has 3 rings (SSSR count). The molecule has 38 heavy (non-hydrogen) atoms. The van der Waals surface area contributed by atoms with Gasteiger partial charge in [-0.3, -0.25) is 4.79 Å². The van der Waals surface area contributed by atoms with Crippen molar-refractivity contribution in [3.63, 3.8) is 0 Å². The molecule has 1 heterocycles. The summed E-state index contributed by atoms with van der Waals surface area (Å²) in [5.74, 6) is 0.562. The van der Waals surface area contributed by atoms with Gasteiger partial charge >= 0.3 is 6.03 Å². The Morgan fingerprint density at radius 2 is 1.68 bits per heavy atom. The fourth-order valence-corrected chi connectivity index (χ4v) is 4.05. The lowest BCUT2D eigenvalue weighted by Crippen LogP contribution is -2.41. The van der Waals surface area contributed by atoms with Crippen LogP contribution >= 0.6 is 23.2 Å². The summed E-state index contributed by atoms with van der Waals surface area (Å²) in [7, 11) is 0. The van der Waals surface area contributed by atoms with Gasteiger partial charge in [-0.1, -0.05) is 83.3 Å². The van der Waals surface area contributed by atoms with E-state index >= 15 is 0 Å². The van der Waals surface area contributed by atoms with Gasteiger partial charge in [0.05, 0.1) is 21.4 Å². The molecule has 1 aromatic heterocycles. The van der Waals surface area contributed by atoms with Gasteiger partial charge in [0.1, 0.15) is 12.4 Å². The maximum atomic E-state index is 13.2. The summed E-state index contributed by atoms with van der Waals surface area (Å²) in [6.07, 6.45) is 1.68. The van der Waals surface area contributed by atoms with Gasteiger partial charge in [0, 0.05) is 23.7 Å². The molecule has 9 heteroatoms. The predicted molar refractivity (Wildman–Crippen MR) is 157 cm³/mol. The lowest BCUT2D eigenvalue weighted by molar-refractivity contribution is -0.116. The second-order valence-electron chi connectivity index (χ2n) is 10.7. The summed E-state index contributed by atoms with van der Waals surface area (Å²) >= 11 is 12.4. The van der Waals surface area contributed by atoms with Gasteiger partial charge in [0.25, 0.3) is 0 Å². The van der Waals surface area contributed by atoms with E-state index in [4.69, 9.17) is 28.3 Å². The molecule has 0 saturated heterocycles. The molecule has 3 amide bonds. The van der Waals surface area contributed by atoms with Crippen LogP contribution in [-0.4, -0.2) is 39.7 Å². The van der Waals surface area contributed by atoms with Crippen molar-refractivity contribution in [2.45, 2.75) is 65.7 Å². The zero-order valence-electron chi connectivity index (χ0n) is 22.9. The second kappa shape index (κ2) is 12.7. The number of carbonyl (C=O) groups excluding carboxylic acids is 2. The summed E-state index contributed by atoms with van der Waals surface area (Å²) < 4.78 is 1.63. The fraction of sp³-hybridized carbons (Fsp3) is 0.414. The number of hydrogen-bond acceptors (Lipinski definition) is 3. The molecule has 0 radical (unpaired) electrons. The Balaban J connectivity index is 1.80. The van der Waals surface area contributed by atoms with Gasteiger partial charge in [-0.15, -0.1) is 0 Å². The number of amides is 3. The Labute approximate surface area is 235 Å². The minimum absolute atomic E-state index is 0.104. The van der Waals surface area contributed by atoms with E-state index in [1.54, 1.807) is 22.9 Å². The van der Waals surface area contributed by atoms with Gasteiger partial charge in [-0.2, -0.15) is 5.10 Å². The number of hydrogen-bond donors (Lipinski definition) is 2. The van der Waals surface area contributed by atoms with E-state index < -0.39 is 0 Å². The number of unbranched alkanes of at least 4 members (excludes halogenated alkanes) is 1. The summed E-state index contributed by atoms with van der Waals surface area (Å²) in [5, 5.41) is 11.4. The highest BCUT2D eigenvalue weighted by molar-refractivity contribution is 6.42. The number of carbonyl (C=O) groups is 2. The first-order valence-corrected chi connectivity index (χ1v) is 13.7. The minimum Gasteiger partial charge on any atom is -0.315 e. The molecule has 0 bridgehead atoms. The molecule has 0 aliphatic heterocycles. The average Bonchev–Trinajstić information content (AvgIpc) is 3.28. The fourth-order valence-electron chi connectivity index (χ4n) is 3.76. The maximum Gasteiger partial charge on any atom is 0.322 e. The third kappa shape index (κ3) is 7.74. The van der Waals surface area contributed by atoms with Crippen LogP contribution in [0, 0.1) is 0 Å². The molecule has 0 aliphatic carbocycles. The van der Waals surface area contributed by atoms with Crippen LogP contribution < -0.4 is 10.6 Å². The topological polar surface area (TPSA) is 79.3 Å². The van der Waals surface area contributed by atoms with Crippen LogP contribution in [-0.2, 0) is 10.2 Å². The van der Waals surface area contributed by atoms with Crippen LogP contribution in [0.15, 0.2) is 48.5 Å². The lowest BCUT2D eigenvalue weighted by Gasteiger charge is -2.23. The minimum atomic E-state index is -0.326. The van der Waals surface area contributed by atoms with E-state index in [1.165, 1.54) is 10.5 Å². The van der Waals surface area contributed by atoms with E-state index in [2.05, 4.69) is 24.5 Å². The maximum absolute atomic E-state index is 13.2. The molecule has 0 saturated carbocycles. The Hall–Kier alpha value is -3.03. The first kappa shape index (κ1) is 29.5. The van der Waals surface area contributed by atoms with Gasteiger partial charge in [0.15, 0.2) is 0 Å². The molecular weight excluding hydrogens is 521 g/mol. The lowest BCUT2D eigenvalue weighted by atomic mass is 9.92. The van der Waals surface area contributed by atoms with Crippen molar-refractivity contribution >= 4 is 46.6 Å². The average molecular weight is 559 g/mol. The van der Waals surface area contributed by atoms with E-state index in [-0.39, 0.29) is 23.9 Å². The van der Waals surface area contributed by atoms with Crippen molar-refractivity contribution in [2.24, 2.45) is 0 Å². The van der Waals surface area contributed by atoms with Crippen molar-refractivity contribution in [3.8, 4) is 5.69 Å². The summed E-state index contributed by atoms with van der Waals surface area (Å²) in [6.45, 7) is 12.8. The first-order valence-electron chi connectivity index (χ1n) is 12.9. The number of halogens is 2. The van der Waals surface area contributed by atoms with Crippen LogP contribution in [0.5, 0.6) is 0 Å². The molecule has 0 aliphatic rings. The molecule has 0 spiro atoms. The number of benzene rings is 2. The summed E-state index contributed by atoms with van der Waals surface area (Å²) in [5.41, 5.74) is 3.09. The molecule has 0 atom stereocenters. The molecule has 0 fully saturated rings. The van der Waals surface area contributed by atoms with E-state index in [9.17, 15) is 9.59 Å². The number of anilines is 2. The standard InChI is InChI=1S/C29H37Cl2N5O2/c1-7-8-15-35(28(38)32-21-11-9-20(10-12-21)19(2)3)18-27(37)33-26-17-25(29(4,5)6)34-36(26)22-13-14-23(30)24(31)16-22/h9-14,16-17,19H,7-8,15,18H2,1-6H3,(H,32,38)(H,33,37). The highest BCUT2D eigenvalue weighted by Crippen LogP contribution is 2.29. The highest BCUT2D eigenvalue weighted by Gasteiger charge is 2.23. The molecule has 2 aromatic carbocycles. The van der Waals surface area contributed by atoms with Crippen LogP contribution in [0.1, 0.15) is 71.6 Å². The summed E-state index contributed by atoms with van der Waals surface area (Å²) in [6, 6.07) is 14.5. The van der Waals surface area contributed by atoms with Crippen molar-refractivity contribution < 1.29 is 9.59 Å². The van der Waals surface area contributed by atoms with E-state index in [0.29, 0.717) is 39.7 Å². The Kier molecular flexibility index (Phi) is 9.85. The van der Waals surface area contributed by atoms with Crippen LogP contribution in [0.2, 0.25) is 10.0 Å². The number of nitrogens with one attached hydrogen (secondary N) is 2. The van der Waals surface area contributed by atoms with Crippen molar-refractivity contribution in [3.05, 3.63) is 69.8 Å². The summed E-state index contributed by atoms with van der Waals surface area (Å²) in [4.78, 5) is 27.8. The molecule has 3 aromatic rings. The van der Waals surface area contributed by atoms with Crippen molar-refractivity contribution in [1.29, 1.82) is 0 Å². The zero-order valence-corrected chi connectivity index (χ0v) is 24.5. The van der Waals surface area contributed by atoms with E-state index in [0.717, 1.165) is 18.5 Å². The van der Waals surface area contributed by atoms with Crippen molar-refractivity contribution in [2.75, 3.05) is 23.7 Å². The van der Waals surface area contributed by atoms with Gasteiger partial charge in [-0.05, 0) is 48.2 Å². The number of nitrogens with zero attached hydrogens (tertiary/aromatic N) is 3. The first-order chi connectivity index (χ1) is 17.9. The molecule has 7 nitrogen and oxygen atoms in total. The van der Waals surface area contributed by atoms with Gasteiger partial charge in [0.2, 0.25) is 5.91 Å². The molecule has 0 unspecified atom stereocenters. The van der Waals surface area contributed by atoms with E-state index in [1.807, 2.05) is 58.0 Å². The molecule has 2 N–H and O–H groups in total. The van der Waals surface area contributed by atoms with Gasteiger partial charge in [-0.25, -0.2) is 9.48 Å². The van der Waals surface area contributed by atoms with Crippen LogP contribution in [0.4, 0.5) is 16.3 Å². The Morgan fingerprint density at radius 1 is 1.00 bits per heavy atom. The third-order valence-corrected chi connectivity index (χ3v) is 6.86. The van der Waals surface area contributed by atoms with Crippen LogP contribution in [0.25, 0.3) is 5.69 Å². The predicted octanol–water partition coefficient (Wildman–Crippen LogP) is 7.87. The number of urea groups is 1. The monoisotopic (exact) mass is 557 g/mol. The third-order valence-electron chi connectivity index (χ3n) is 6.12. The second-order valence-corrected chi connectivity index (χ2v) is 11.5. The quantitative estimate of drug-likeness (QED) is 0.281. The van der Waals surface area contributed by atoms with Gasteiger partial charge < -0.3 is 15.5 Å². The number of rotatable bonds is 9. The zero-order chi connectivity index (χ0) is 28.0. The number of aromatic nitrogens is 2. The Bertz CT molecular complexity index is 1260. The normalized spacial score (nSPS) is 11.5. The molecular formula is C29H37Cl2N5O2. The molecule has 204 valence electrons. The smallest absolute Gasteiger partial charge is 0.315 e. The van der Waals surface area contributed by atoms with Crippen molar-refractivity contribution in [1.82, 2.24) is 14.7 Å². The highest BCUT2D eigenvalue weighted by atomic mass is 35.5. The SMILES string of the molecule is CCCCN(CC(=O)Nc1cc(C(C)(C)C)nn1-c1ccc(Cl)c(Cl)c1)C(=O)Nc1ccc(C(C)C)cc1. The Morgan fingerprint density at radius 3 is 2.26 bits per heavy atom.